The lowest BCUT2D eigenvalue weighted by molar-refractivity contribution is -0.126. The zero-order valence-corrected chi connectivity index (χ0v) is 9.59. The number of thiazole rings is 1. The number of nitrogens with zero attached hydrogens (tertiary/aromatic N) is 2. The monoisotopic (exact) mass is 222 g/mol. The number of rotatable bonds is 2. The normalized spacial score (nSPS) is 20.6. The Balaban J connectivity index is 2.21. The first-order valence-corrected chi connectivity index (χ1v) is 5.95. The zero-order valence-electron chi connectivity index (χ0n) is 8.77. The zero-order chi connectivity index (χ0) is 10.8. The maximum atomic E-state index is 11.6. The smallest absolute Gasteiger partial charge is 0.246 e. The average Bonchev–Trinajstić information content (AvgIpc) is 2.84. The lowest BCUT2D eigenvalue weighted by Crippen LogP contribution is -2.28. The molecule has 3 nitrogen and oxygen atoms in total. The standard InChI is InChI=1S/C11H14N2OS/c1-3-11(14)13-6-4-5-10(13)9-7-15-8(2)12-9/h3,7,10H,1,4-6H2,2H3/t10-/m0/s1. The van der Waals surface area contributed by atoms with Gasteiger partial charge in [-0.1, -0.05) is 6.58 Å². The van der Waals surface area contributed by atoms with Gasteiger partial charge in [0.1, 0.15) is 0 Å². The van der Waals surface area contributed by atoms with Crippen molar-refractivity contribution >= 4 is 17.2 Å². The summed E-state index contributed by atoms with van der Waals surface area (Å²) in [6.45, 7) is 6.34. The molecule has 2 rings (SSSR count). The Bertz CT molecular complexity index is 386. The fraction of sp³-hybridized carbons (Fsp3) is 0.455. The van der Waals surface area contributed by atoms with Crippen molar-refractivity contribution in [1.29, 1.82) is 0 Å². The molecule has 15 heavy (non-hydrogen) atoms. The van der Waals surface area contributed by atoms with E-state index >= 15 is 0 Å². The molecule has 0 saturated carbocycles. The van der Waals surface area contributed by atoms with Crippen molar-refractivity contribution in [2.75, 3.05) is 6.54 Å². The molecule has 0 radical (unpaired) electrons. The number of aromatic nitrogens is 1. The number of carbonyl (C=O) groups is 1. The number of carbonyl (C=O) groups excluding carboxylic acids is 1. The summed E-state index contributed by atoms with van der Waals surface area (Å²) in [6, 6.07) is 0.167. The van der Waals surface area contributed by atoms with Gasteiger partial charge < -0.3 is 4.90 Å². The van der Waals surface area contributed by atoms with E-state index in [4.69, 9.17) is 0 Å². The Hall–Kier alpha value is -1.16. The molecule has 1 fully saturated rings. The summed E-state index contributed by atoms with van der Waals surface area (Å²) in [5.74, 6) is 0.0168. The van der Waals surface area contributed by atoms with Crippen LogP contribution in [0.5, 0.6) is 0 Å². The molecule has 4 heteroatoms. The van der Waals surface area contributed by atoms with E-state index in [1.807, 2.05) is 11.8 Å². The minimum absolute atomic E-state index is 0.0168. The van der Waals surface area contributed by atoms with E-state index in [0.717, 1.165) is 30.1 Å². The summed E-state index contributed by atoms with van der Waals surface area (Å²) in [4.78, 5) is 17.9. The molecule has 1 amide bonds. The van der Waals surface area contributed by atoms with Crippen LogP contribution in [0.4, 0.5) is 0 Å². The molecule has 0 aliphatic carbocycles. The van der Waals surface area contributed by atoms with Crippen LogP contribution in [0.2, 0.25) is 0 Å². The van der Waals surface area contributed by atoms with Crippen LogP contribution in [-0.4, -0.2) is 22.3 Å². The average molecular weight is 222 g/mol. The maximum Gasteiger partial charge on any atom is 0.246 e. The highest BCUT2D eigenvalue weighted by atomic mass is 32.1. The van der Waals surface area contributed by atoms with Gasteiger partial charge in [0.05, 0.1) is 16.7 Å². The topological polar surface area (TPSA) is 33.2 Å². The molecule has 1 aromatic heterocycles. The molecule has 1 aliphatic rings. The number of hydrogen-bond acceptors (Lipinski definition) is 3. The number of hydrogen-bond donors (Lipinski definition) is 0. The molecule has 0 N–H and O–H groups in total. The first kappa shape index (κ1) is 10.4. The lowest BCUT2D eigenvalue weighted by Gasteiger charge is -2.21. The Morgan fingerprint density at radius 2 is 2.60 bits per heavy atom. The predicted molar refractivity (Wildman–Crippen MR) is 60.7 cm³/mol. The highest BCUT2D eigenvalue weighted by Gasteiger charge is 2.29. The van der Waals surface area contributed by atoms with Crippen LogP contribution in [0.3, 0.4) is 0 Å². The summed E-state index contributed by atoms with van der Waals surface area (Å²) in [7, 11) is 0. The maximum absolute atomic E-state index is 11.6. The van der Waals surface area contributed by atoms with Gasteiger partial charge in [-0.05, 0) is 25.8 Å². The quantitative estimate of drug-likeness (QED) is 0.719. The molecule has 0 aromatic carbocycles. The number of likely N-dealkylation sites (tertiary alicyclic amines) is 1. The summed E-state index contributed by atoms with van der Waals surface area (Å²) in [5, 5.41) is 3.11. The predicted octanol–water partition coefficient (Wildman–Crippen LogP) is 2.30. The van der Waals surface area contributed by atoms with E-state index in [9.17, 15) is 4.79 Å². The van der Waals surface area contributed by atoms with E-state index in [2.05, 4.69) is 16.9 Å². The lowest BCUT2D eigenvalue weighted by atomic mass is 10.1. The number of amides is 1. The van der Waals surface area contributed by atoms with Gasteiger partial charge in [0.2, 0.25) is 5.91 Å². The second-order valence-electron chi connectivity index (χ2n) is 3.69. The van der Waals surface area contributed by atoms with E-state index < -0.39 is 0 Å². The molecule has 1 aromatic rings. The molecular weight excluding hydrogens is 208 g/mol. The summed E-state index contributed by atoms with van der Waals surface area (Å²) in [5.41, 5.74) is 1.03. The fourth-order valence-corrected chi connectivity index (χ4v) is 2.65. The van der Waals surface area contributed by atoms with Crippen LogP contribution in [0.1, 0.15) is 29.6 Å². The largest absolute Gasteiger partial charge is 0.331 e. The van der Waals surface area contributed by atoms with Crippen molar-refractivity contribution in [2.24, 2.45) is 0 Å². The van der Waals surface area contributed by atoms with Crippen molar-refractivity contribution in [3.05, 3.63) is 28.7 Å². The molecular formula is C11H14N2OS. The minimum atomic E-state index is 0.0168. The van der Waals surface area contributed by atoms with Crippen LogP contribution in [0.25, 0.3) is 0 Å². The van der Waals surface area contributed by atoms with Crippen LogP contribution in [0.15, 0.2) is 18.0 Å². The Labute approximate surface area is 93.4 Å². The molecule has 0 bridgehead atoms. The van der Waals surface area contributed by atoms with Crippen LogP contribution in [0, 0.1) is 6.92 Å². The van der Waals surface area contributed by atoms with Gasteiger partial charge in [-0.3, -0.25) is 4.79 Å². The Morgan fingerprint density at radius 3 is 3.20 bits per heavy atom. The minimum Gasteiger partial charge on any atom is -0.331 e. The molecule has 1 atom stereocenters. The first-order valence-electron chi connectivity index (χ1n) is 5.07. The third-order valence-corrected chi connectivity index (χ3v) is 3.48. The molecule has 0 unspecified atom stereocenters. The van der Waals surface area contributed by atoms with Gasteiger partial charge in [0.25, 0.3) is 0 Å². The van der Waals surface area contributed by atoms with Gasteiger partial charge in [-0.15, -0.1) is 11.3 Å². The van der Waals surface area contributed by atoms with Gasteiger partial charge in [-0.25, -0.2) is 4.98 Å². The van der Waals surface area contributed by atoms with E-state index in [1.54, 1.807) is 11.3 Å². The molecule has 1 saturated heterocycles. The molecule has 0 spiro atoms. The second-order valence-corrected chi connectivity index (χ2v) is 4.75. The summed E-state index contributed by atoms with van der Waals surface area (Å²) >= 11 is 1.64. The van der Waals surface area contributed by atoms with Crippen molar-refractivity contribution < 1.29 is 4.79 Å². The fourth-order valence-electron chi connectivity index (χ4n) is 1.99. The molecule has 80 valence electrons. The highest BCUT2D eigenvalue weighted by molar-refractivity contribution is 7.09. The van der Waals surface area contributed by atoms with E-state index in [-0.39, 0.29) is 11.9 Å². The second kappa shape index (κ2) is 4.14. The van der Waals surface area contributed by atoms with Crippen molar-refractivity contribution in [1.82, 2.24) is 9.88 Å². The van der Waals surface area contributed by atoms with Gasteiger partial charge in [0, 0.05) is 11.9 Å². The highest BCUT2D eigenvalue weighted by Crippen LogP contribution is 2.32. The Morgan fingerprint density at radius 1 is 1.80 bits per heavy atom. The van der Waals surface area contributed by atoms with Crippen LogP contribution < -0.4 is 0 Å². The molecule has 1 aliphatic heterocycles. The van der Waals surface area contributed by atoms with Crippen LogP contribution in [-0.2, 0) is 4.79 Å². The SMILES string of the molecule is C=CC(=O)N1CCC[C@H]1c1csc(C)n1. The third kappa shape index (κ3) is 1.95. The van der Waals surface area contributed by atoms with Crippen LogP contribution >= 0.6 is 11.3 Å². The molecule has 2 heterocycles. The first-order chi connectivity index (χ1) is 7.22. The van der Waals surface area contributed by atoms with Crippen molar-refractivity contribution in [3.8, 4) is 0 Å². The van der Waals surface area contributed by atoms with Gasteiger partial charge >= 0.3 is 0 Å². The number of aryl methyl sites for hydroxylation is 1. The summed E-state index contributed by atoms with van der Waals surface area (Å²) in [6.07, 6.45) is 3.46. The summed E-state index contributed by atoms with van der Waals surface area (Å²) < 4.78 is 0. The van der Waals surface area contributed by atoms with Gasteiger partial charge in [0.15, 0.2) is 0 Å². The van der Waals surface area contributed by atoms with Crippen molar-refractivity contribution in [2.45, 2.75) is 25.8 Å². The third-order valence-electron chi connectivity index (χ3n) is 2.69. The van der Waals surface area contributed by atoms with Crippen molar-refractivity contribution in [3.63, 3.8) is 0 Å². The van der Waals surface area contributed by atoms with E-state index in [0.29, 0.717) is 0 Å². The Kier molecular flexibility index (Phi) is 2.86. The van der Waals surface area contributed by atoms with Gasteiger partial charge in [-0.2, -0.15) is 0 Å². The van der Waals surface area contributed by atoms with E-state index in [1.165, 1.54) is 6.08 Å².